The lowest BCUT2D eigenvalue weighted by atomic mass is 9.78. The maximum absolute atomic E-state index is 12.9. The Labute approximate surface area is 168 Å². The molecule has 1 aliphatic heterocycles. The van der Waals surface area contributed by atoms with Crippen LogP contribution in [0.25, 0.3) is 6.08 Å². The van der Waals surface area contributed by atoms with Crippen LogP contribution in [0.3, 0.4) is 0 Å². The van der Waals surface area contributed by atoms with E-state index in [9.17, 15) is 18.8 Å². The number of ether oxygens (including phenoxy) is 1. The standard InChI is InChI=1S/C21H30N2O4S/c1-20(2,3)17-12-15(13-18(19(17)24)21(4,5)6)11-16(14-22)28(25,26)23-7-9-27-10-8-23/h11-13,24H,7-10H2,1-6H3/b16-11-. The van der Waals surface area contributed by atoms with Crippen molar-refractivity contribution in [3.63, 3.8) is 0 Å². The van der Waals surface area contributed by atoms with Crippen molar-refractivity contribution in [3.05, 3.63) is 33.7 Å². The first kappa shape index (κ1) is 22.4. The lowest BCUT2D eigenvalue weighted by Crippen LogP contribution is -2.41. The fourth-order valence-corrected chi connectivity index (χ4v) is 4.43. The number of morpholine rings is 1. The summed E-state index contributed by atoms with van der Waals surface area (Å²) in [5.74, 6) is 0.215. The maximum Gasteiger partial charge on any atom is 0.253 e. The summed E-state index contributed by atoms with van der Waals surface area (Å²) in [4.78, 5) is -0.306. The summed E-state index contributed by atoms with van der Waals surface area (Å²) < 4.78 is 32.3. The van der Waals surface area contributed by atoms with Crippen molar-refractivity contribution in [1.82, 2.24) is 4.31 Å². The third-order valence-corrected chi connectivity index (χ3v) is 6.55. The molecule has 154 valence electrons. The van der Waals surface area contributed by atoms with Crippen molar-refractivity contribution in [2.75, 3.05) is 26.3 Å². The van der Waals surface area contributed by atoms with Crippen LogP contribution in [-0.4, -0.2) is 44.1 Å². The van der Waals surface area contributed by atoms with E-state index in [1.807, 2.05) is 47.6 Å². The monoisotopic (exact) mass is 406 g/mol. The van der Waals surface area contributed by atoms with Gasteiger partial charge in [-0.3, -0.25) is 0 Å². The van der Waals surface area contributed by atoms with E-state index in [0.717, 1.165) is 0 Å². The van der Waals surface area contributed by atoms with Gasteiger partial charge in [0.05, 0.1) is 13.2 Å². The third kappa shape index (κ3) is 4.75. The number of rotatable bonds is 3. The zero-order chi connectivity index (χ0) is 21.3. The Morgan fingerprint density at radius 3 is 1.96 bits per heavy atom. The van der Waals surface area contributed by atoms with Gasteiger partial charge >= 0.3 is 0 Å². The molecule has 1 aromatic rings. The summed E-state index contributed by atoms with van der Waals surface area (Å²) in [6.07, 6.45) is 1.40. The molecule has 0 amide bonds. The Balaban J connectivity index is 2.64. The van der Waals surface area contributed by atoms with Crippen molar-refractivity contribution in [1.29, 1.82) is 5.26 Å². The molecule has 2 rings (SSSR count). The lowest BCUT2D eigenvalue weighted by molar-refractivity contribution is 0.0735. The molecule has 0 spiro atoms. The van der Waals surface area contributed by atoms with E-state index in [0.29, 0.717) is 29.9 Å². The lowest BCUT2D eigenvalue weighted by Gasteiger charge is -2.28. The van der Waals surface area contributed by atoms with E-state index in [2.05, 4.69) is 0 Å². The smallest absolute Gasteiger partial charge is 0.253 e. The highest BCUT2D eigenvalue weighted by Gasteiger charge is 2.30. The van der Waals surface area contributed by atoms with Gasteiger partial charge in [-0.25, -0.2) is 8.42 Å². The molecule has 1 fully saturated rings. The highest BCUT2D eigenvalue weighted by atomic mass is 32.2. The summed E-state index contributed by atoms with van der Waals surface area (Å²) >= 11 is 0. The maximum atomic E-state index is 12.9. The average Bonchev–Trinajstić information content (AvgIpc) is 2.59. The van der Waals surface area contributed by atoms with Gasteiger partial charge in [0.1, 0.15) is 11.8 Å². The zero-order valence-corrected chi connectivity index (χ0v) is 18.4. The van der Waals surface area contributed by atoms with Gasteiger partial charge in [0.15, 0.2) is 4.91 Å². The molecule has 0 aliphatic carbocycles. The number of hydrogen-bond acceptors (Lipinski definition) is 5. The van der Waals surface area contributed by atoms with Gasteiger partial charge in [0, 0.05) is 24.2 Å². The second-order valence-corrected chi connectivity index (χ2v) is 11.0. The predicted molar refractivity (Wildman–Crippen MR) is 110 cm³/mol. The predicted octanol–water partition coefficient (Wildman–Crippen LogP) is 3.51. The normalized spacial score (nSPS) is 17.4. The van der Waals surface area contributed by atoms with Crippen LogP contribution in [0.15, 0.2) is 17.0 Å². The molecular formula is C21H30N2O4S. The largest absolute Gasteiger partial charge is 0.507 e. The molecule has 1 saturated heterocycles. The van der Waals surface area contributed by atoms with Crippen molar-refractivity contribution >= 4 is 16.1 Å². The van der Waals surface area contributed by atoms with Crippen LogP contribution in [0, 0.1) is 11.3 Å². The van der Waals surface area contributed by atoms with Gasteiger partial charge < -0.3 is 9.84 Å². The van der Waals surface area contributed by atoms with Crippen LogP contribution in [0.1, 0.15) is 58.2 Å². The number of hydrogen-bond donors (Lipinski definition) is 1. The molecule has 28 heavy (non-hydrogen) atoms. The van der Waals surface area contributed by atoms with Crippen molar-refractivity contribution in [3.8, 4) is 11.8 Å². The van der Waals surface area contributed by atoms with Crippen LogP contribution >= 0.6 is 0 Å². The molecule has 1 aromatic carbocycles. The van der Waals surface area contributed by atoms with Crippen LogP contribution in [0.5, 0.6) is 5.75 Å². The van der Waals surface area contributed by atoms with E-state index in [-0.39, 0.29) is 34.6 Å². The molecule has 0 aromatic heterocycles. The SMILES string of the molecule is CC(C)(C)c1cc(/C=C(/C#N)S(=O)(=O)N2CCOCC2)cc(C(C)(C)C)c1O. The van der Waals surface area contributed by atoms with Gasteiger partial charge in [0.25, 0.3) is 10.0 Å². The Morgan fingerprint density at radius 1 is 1.11 bits per heavy atom. The highest BCUT2D eigenvalue weighted by molar-refractivity contribution is 7.93. The quantitative estimate of drug-likeness (QED) is 0.776. The first-order chi connectivity index (χ1) is 12.8. The Kier molecular flexibility index (Phi) is 6.29. The second-order valence-electron chi connectivity index (χ2n) is 9.10. The summed E-state index contributed by atoms with van der Waals surface area (Å²) in [6.45, 7) is 13.0. The second kappa shape index (κ2) is 7.86. The number of phenolic OH excluding ortho intramolecular Hbond substituents is 1. The number of allylic oxidation sites excluding steroid dienone is 1. The van der Waals surface area contributed by atoms with Gasteiger partial charge in [-0.05, 0) is 34.6 Å². The molecule has 0 saturated carbocycles. The minimum atomic E-state index is -3.89. The van der Waals surface area contributed by atoms with Gasteiger partial charge in [-0.2, -0.15) is 9.57 Å². The van der Waals surface area contributed by atoms with E-state index in [1.165, 1.54) is 10.4 Å². The Morgan fingerprint density at radius 2 is 1.57 bits per heavy atom. The topological polar surface area (TPSA) is 90.6 Å². The van der Waals surface area contributed by atoms with Crippen molar-refractivity contribution < 1.29 is 18.3 Å². The summed E-state index contributed by atoms with van der Waals surface area (Å²) in [7, 11) is -3.89. The average molecular weight is 407 g/mol. The molecule has 6 nitrogen and oxygen atoms in total. The molecular weight excluding hydrogens is 376 g/mol. The van der Waals surface area contributed by atoms with Crippen LogP contribution < -0.4 is 0 Å². The number of aromatic hydroxyl groups is 1. The van der Waals surface area contributed by atoms with Crippen molar-refractivity contribution in [2.24, 2.45) is 0 Å². The van der Waals surface area contributed by atoms with Crippen molar-refractivity contribution in [2.45, 2.75) is 52.4 Å². The van der Waals surface area contributed by atoms with Gasteiger partial charge in [-0.15, -0.1) is 0 Å². The zero-order valence-electron chi connectivity index (χ0n) is 17.5. The minimum Gasteiger partial charge on any atom is -0.507 e. The Bertz CT molecular complexity index is 872. The molecule has 0 unspecified atom stereocenters. The molecule has 0 atom stereocenters. The van der Waals surface area contributed by atoms with Gasteiger partial charge in [0.2, 0.25) is 0 Å². The molecule has 7 heteroatoms. The number of sulfonamides is 1. The molecule has 1 N–H and O–H groups in total. The molecule has 0 radical (unpaired) electrons. The number of nitrogens with zero attached hydrogens (tertiary/aromatic N) is 2. The third-order valence-electron chi connectivity index (χ3n) is 4.74. The van der Waals surface area contributed by atoms with Crippen LogP contribution in [0.2, 0.25) is 0 Å². The number of benzene rings is 1. The number of nitriles is 1. The van der Waals surface area contributed by atoms with E-state index in [1.54, 1.807) is 12.1 Å². The first-order valence-corrected chi connectivity index (χ1v) is 10.8. The molecule has 0 bridgehead atoms. The molecule has 1 aliphatic rings. The Hall–Kier alpha value is -1.88. The van der Waals surface area contributed by atoms with Gasteiger partial charge in [-0.1, -0.05) is 41.5 Å². The summed E-state index contributed by atoms with van der Waals surface area (Å²) in [6, 6.07) is 5.37. The van der Waals surface area contributed by atoms with E-state index < -0.39 is 10.0 Å². The number of phenols is 1. The molecule has 1 heterocycles. The summed E-state index contributed by atoms with van der Waals surface area (Å²) in [5.41, 5.74) is 1.33. The highest BCUT2D eigenvalue weighted by Crippen LogP contribution is 2.40. The van der Waals surface area contributed by atoms with Crippen LogP contribution in [-0.2, 0) is 25.6 Å². The fraction of sp³-hybridized carbons (Fsp3) is 0.571. The van der Waals surface area contributed by atoms with E-state index in [4.69, 9.17) is 4.74 Å². The van der Waals surface area contributed by atoms with Crippen LogP contribution in [0.4, 0.5) is 0 Å². The van der Waals surface area contributed by atoms with E-state index >= 15 is 0 Å². The minimum absolute atomic E-state index is 0.215. The fourth-order valence-electron chi connectivity index (χ4n) is 3.13. The summed E-state index contributed by atoms with van der Waals surface area (Å²) in [5, 5.41) is 20.4. The first-order valence-electron chi connectivity index (χ1n) is 9.36.